The summed E-state index contributed by atoms with van der Waals surface area (Å²) in [4.78, 5) is 36.8. The molecular formula is C28H33F2N5O3. The van der Waals surface area contributed by atoms with Crippen molar-refractivity contribution in [2.45, 2.75) is 76.6 Å². The van der Waals surface area contributed by atoms with E-state index in [0.29, 0.717) is 36.1 Å². The Morgan fingerprint density at radius 3 is 2.68 bits per heavy atom. The number of carbonyl (C=O) groups excluding carboxylic acids is 2. The minimum absolute atomic E-state index is 0.0569. The number of amides is 2. The smallest absolute Gasteiger partial charge is 0.232 e. The van der Waals surface area contributed by atoms with Crippen molar-refractivity contribution in [3.63, 3.8) is 0 Å². The van der Waals surface area contributed by atoms with Crippen LogP contribution in [0.25, 0.3) is 0 Å². The summed E-state index contributed by atoms with van der Waals surface area (Å²) in [5.74, 6) is -1.58. The van der Waals surface area contributed by atoms with Crippen molar-refractivity contribution in [1.29, 1.82) is 0 Å². The van der Waals surface area contributed by atoms with Gasteiger partial charge in [-0.25, -0.2) is 13.8 Å². The highest BCUT2D eigenvalue weighted by Gasteiger charge is 2.53. The molecule has 0 radical (unpaired) electrons. The van der Waals surface area contributed by atoms with Gasteiger partial charge in [0.15, 0.2) is 5.96 Å². The number of fused-ring (bicyclic) bond motifs is 1. The second-order valence-corrected chi connectivity index (χ2v) is 11.5. The number of nitrogens with two attached hydrogens (primary N) is 1. The van der Waals surface area contributed by atoms with E-state index in [1.807, 2.05) is 27.7 Å². The largest absolute Gasteiger partial charge is 0.487 e. The minimum atomic E-state index is -0.692. The summed E-state index contributed by atoms with van der Waals surface area (Å²) in [7, 11) is 0. The molecule has 5 atom stereocenters. The molecule has 202 valence electrons. The fourth-order valence-corrected chi connectivity index (χ4v) is 5.69. The number of halogens is 2. The lowest BCUT2D eigenvalue weighted by molar-refractivity contribution is -0.132. The van der Waals surface area contributed by atoms with Crippen LogP contribution in [0.3, 0.4) is 0 Å². The van der Waals surface area contributed by atoms with Crippen LogP contribution < -0.4 is 15.8 Å². The van der Waals surface area contributed by atoms with E-state index in [1.165, 1.54) is 29.3 Å². The van der Waals surface area contributed by atoms with Crippen LogP contribution in [0.5, 0.6) is 5.75 Å². The van der Waals surface area contributed by atoms with Gasteiger partial charge in [-0.2, -0.15) is 0 Å². The second kappa shape index (κ2) is 9.32. The zero-order chi connectivity index (χ0) is 27.4. The van der Waals surface area contributed by atoms with E-state index in [1.54, 1.807) is 6.07 Å². The first-order valence-corrected chi connectivity index (χ1v) is 13.0. The lowest BCUT2D eigenvalue weighted by atomic mass is 9.89. The number of ether oxygens (including phenoxy) is 1. The molecule has 2 amide bonds. The number of guanidine groups is 1. The Morgan fingerprint density at radius 2 is 2.00 bits per heavy atom. The van der Waals surface area contributed by atoms with Gasteiger partial charge in [-0.1, -0.05) is 6.92 Å². The van der Waals surface area contributed by atoms with E-state index in [-0.39, 0.29) is 30.1 Å². The fourth-order valence-electron chi connectivity index (χ4n) is 5.69. The molecule has 2 aromatic rings. The number of aromatic nitrogens is 1. The first-order chi connectivity index (χ1) is 17.9. The number of nitrogens with one attached hydrogen (secondary N) is 1. The third kappa shape index (κ3) is 4.96. The van der Waals surface area contributed by atoms with E-state index < -0.39 is 40.8 Å². The highest BCUT2D eigenvalue weighted by atomic mass is 19.1. The van der Waals surface area contributed by atoms with E-state index in [2.05, 4.69) is 15.3 Å². The topological polar surface area (TPSA) is 110 Å². The molecule has 38 heavy (non-hydrogen) atoms. The van der Waals surface area contributed by atoms with Crippen molar-refractivity contribution in [1.82, 2.24) is 15.2 Å². The molecule has 1 unspecified atom stereocenters. The Morgan fingerprint density at radius 1 is 1.24 bits per heavy atom. The minimum Gasteiger partial charge on any atom is -0.487 e. The molecular weight excluding hydrogens is 492 g/mol. The first kappa shape index (κ1) is 26.1. The van der Waals surface area contributed by atoms with Crippen LogP contribution in [0.4, 0.5) is 8.78 Å². The van der Waals surface area contributed by atoms with Gasteiger partial charge < -0.3 is 15.8 Å². The molecule has 1 aromatic carbocycles. The lowest BCUT2D eigenvalue weighted by Gasteiger charge is -2.39. The van der Waals surface area contributed by atoms with Gasteiger partial charge in [0.2, 0.25) is 11.8 Å². The monoisotopic (exact) mass is 525 g/mol. The third-order valence-corrected chi connectivity index (χ3v) is 7.87. The van der Waals surface area contributed by atoms with E-state index >= 15 is 0 Å². The molecule has 0 saturated heterocycles. The maximum atomic E-state index is 14.2. The Labute approximate surface area is 220 Å². The second-order valence-electron chi connectivity index (χ2n) is 11.5. The lowest BCUT2D eigenvalue weighted by Crippen LogP contribution is -2.52. The molecule has 10 heteroatoms. The average molecular weight is 526 g/mol. The number of rotatable bonds is 6. The molecule has 3 aliphatic rings. The Hall–Kier alpha value is -3.56. The van der Waals surface area contributed by atoms with Gasteiger partial charge in [0, 0.05) is 24.1 Å². The Kier molecular flexibility index (Phi) is 6.39. The highest BCUT2D eigenvalue weighted by Crippen LogP contribution is 2.52. The third-order valence-electron chi connectivity index (χ3n) is 7.87. The molecule has 0 bridgehead atoms. The van der Waals surface area contributed by atoms with E-state index in [9.17, 15) is 18.4 Å². The predicted octanol–water partition coefficient (Wildman–Crippen LogP) is 4.17. The number of aliphatic imine (C=N–C) groups is 1. The number of hydrogen-bond acceptors (Lipinski definition) is 6. The average Bonchev–Trinajstić information content (AvgIpc) is 3.62. The zero-order valence-corrected chi connectivity index (χ0v) is 22.0. The Bertz CT molecular complexity index is 1320. The molecule has 8 nitrogen and oxygen atoms in total. The maximum absolute atomic E-state index is 14.2. The van der Waals surface area contributed by atoms with Crippen LogP contribution in [-0.4, -0.2) is 38.8 Å². The summed E-state index contributed by atoms with van der Waals surface area (Å²) in [5, 5.41) is 3.07. The molecule has 3 heterocycles. The van der Waals surface area contributed by atoms with Crippen molar-refractivity contribution in [2.24, 2.45) is 22.6 Å². The number of pyridine rings is 1. The number of benzene rings is 1. The quantitative estimate of drug-likeness (QED) is 0.588. The van der Waals surface area contributed by atoms with Crippen LogP contribution in [0.2, 0.25) is 0 Å². The van der Waals surface area contributed by atoms with Gasteiger partial charge in [-0.3, -0.25) is 19.5 Å². The SMILES string of the molecule is CC[C@@]1(C)CC(=O)N(C(c2cncc(F)c2)[C@@H]2C[C@H]2C(=O)N[C@H]2CC(C)(C)Oc3ccc(F)cc32)C(N)=N1. The van der Waals surface area contributed by atoms with Crippen molar-refractivity contribution >= 4 is 17.8 Å². The maximum Gasteiger partial charge on any atom is 0.232 e. The summed E-state index contributed by atoms with van der Waals surface area (Å²) in [6.07, 6.45) is 4.31. The summed E-state index contributed by atoms with van der Waals surface area (Å²) in [6, 6.07) is 4.47. The molecule has 3 N–H and O–H groups in total. The predicted molar refractivity (Wildman–Crippen MR) is 137 cm³/mol. The summed E-state index contributed by atoms with van der Waals surface area (Å²) < 4.78 is 34.3. The van der Waals surface area contributed by atoms with Crippen LogP contribution in [-0.2, 0) is 9.59 Å². The van der Waals surface area contributed by atoms with Crippen LogP contribution in [0.1, 0.15) is 76.6 Å². The molecule has 2 aliphatic heterocycles. The van der Waals surface area contributed by atoms with Crippen LogP contribution >= 0.6 is 0 Å². The van der Waals surface area contributed by atoms with Crippen molar-refractivity contribution < 1.29 is 23.1 Å². The Balaban J connectivity index is 1.42. The summed E-state index contributed by atoms with van der Waals surface area (Å²) >= 11 is 0. The van der Waals surface area contributed by atoms with Gasteiger partial charge in [0.25, 0.3) is 0 Å². The number of hydrogen-bond donors (Lipinski definition) is 2. The summed E-state index contributed by atoms with van der Waals surface area (Å²) in [5.41, 5.74) is 6.20. The van der Waals surface area contributed by atoms with Gasteiger partial charge in [-0.15, -0.1) is 0 Å². The van der Waals surface area contributed by atoms with Gasteiger partial charge in [0.1, 0.15) is 23.0 Å². The van der Waals surface area contributed by atoms with Gasteiger partial charge in [-0.05, 0) is 69.4 Å². The molecule has 1 fully saturated rings. The fraction of sp³-hybridized carbons (Fsp3) is 0.500. The van der Waals surface area contributed by atoms with Crippen LogP contribution in [0.15, 0.2) is 41.7 Å². The van der Waals surface area contributed by atoms with Crippen molar-refractivity contribution in [2.75, 3.05) is 0 Å². The van der Waals surface area contributed by atoms with Crippen molar-refractivity contribution in [3.05, 3.63) is 59.4 Å². The zero-order valence-electron chi connectivity index (χ0n) is 22.0. The molecule has 5 rings (SSSR count). The van der Waals surface area contributed by atoms with E-state index in [0.717, 1.165) is 6.20 Å². The molecule has 1 aromatic heterocycles. The van der Waals surface area contributed by atoms with Gasteiger partial charge >= 0.3 is 0 Å². The van der Waals surface area contributed by atoms with Crippen LogP contribution in [0, 0.1) is 23.5 Å². The number of nitrogens with zero attached hydrogens (tertiary/aromatic N) is 3. The molecule has 1 saturated carbocycles. The normalized spacial score (nSPS) is 28.6. The summed E-state index contributed by atoms with van der Waals surface area (Å²) in [6.45, 7) is 7.65. The standard InChI is InChI=1S/C28H33F2N5O3/c1-5-28(4)12-23(36)35(26(31)34-28)24(15-8-17(30)14-32-13-15)18-10-19(18)25(37)33-21-11-27(2,3)38-22-7-6-16(29)9-20(21)22/h6-9,13-14,18-19,21,24H,5,10-12H2,1-4H3,(H2,31,34)(H,33,37)/t18-,19-,21+,24?,28+/m1/s1. The number of carbonyl (C=O) groups is 2. The van der Waals surface area contributed by atoms with Gasteiger partial charge in [0.05, 0.1) is 30.2 Å². The molecule has 1 aliphatic carbocycles. The highest BCUT2D eigenvalue weighted by molar-refractivity contribution is 5.99. The van der Waals surface area contributed by atoms with Crippen molar-refractivity contribution in [3.8, 4) is 5.75 Å². The molecule has 0 spiro atoms. The van der Waals surface area contributed by atoms with E-state index in [4.69, 9.17) is 10.5 Å². The first-order valence-electron chi connectivity index (χ1n) is 13.0.